The van der Waals surface area contributed by atoms with Gasteiger partial charge in [-0.3, -0.25) is 4.79 Å². The molecule has 6 heteroatoms. The average Bonchev–Trinajstić information content (AvgIpc) is 2.62. The second-order valence-corrected chi connectivity index (χ2v) is 8.19. The van der Waals surface area contributed by atoms with Gasteiger partial charge >= 0.3 is 0 Å². The standard InChI is InChI=1S/C21H24FNO3S/c1-21(2)11-18(17-9-8-16(25-3)10-19(17)26-21)23-20(24)13-27-12-14-4-6-15(22)7-5-14/h4-10,18H,11-13H2,1-3H3,(H,23,24)/t18-/m0/s1. The van der Waals surface area contributed by atoms with Gasteiger partial charge in [-0.25, -0.2) is 4.39 Å². The van der Waals surface area contributed by atoms with Crippen LogP contribution in [-0.2, 0) is 10.5 Å². The largest absolute Gasteiger partial charge is 0.497 e. The smallest absolute Gasteiger partial charge is 0.230 e. The highest BCUT2D eigenvalue weighted by molar-refractivity contribution is 7.99. The molecule has 0 saturated heterocycles. The molecule has 4 nitrogen and oxygen atoms in total. The third-order valence-electron chi connectivity index (χ3n) is 4.43. The monoisotopic (exact) mass is 389 g/mol. The molecule has 1 N–H and O–H groups in total. The fourth-order valence-corrected chi connectivity index (χ4v) is 3.96. The first-order valence-electron chi connectivity index (χ1n) is 8.85. The Morgan fingerprint density at radius 3 is 2.74 bits per heavy atom. The number of halogens is 1. The Morgan fingerprint density at radius 2 is 2.04 bits per heavy atom. The van der Waals surface area contributed by atoms with E-state index in [4.69, 9.17) is 9.47 Å². The lowest BCUT2D eigenvalue weighted by Crippen LogP contribution is -2.41. The molecule has 0 aliphatic carbocycles. The van der Waals surface area contributed by atoms with Crippen LogP contribution in [0.5, 0.6) is 11.5 Å². The van der Waals surface area contributed by atoms with Crippen LogP contribution < -0.4 is 14.8 Å². The summed E-state index contributed by atoms with van der Waals surface area (Å²) < 4.78 is 24.3. The molecule has 1 heterocycles. The van der Waals surface area contributed by atoms with E-state index in [9.17, 15) is 9.18 Å². The van der Waals surface area contributed by atoms with Crippen LogP contribution in [0.15, 0.2) is 42.5 Å². The maximum atomic E-state index is 12.9. The number of ether oxygens (including phenoxy) is 2. The summed E-state index contributed by atoms with van der Waals surface area (Å²) >= 11 is 1.51. The minimum absolute atomic E-state index is 0.0217. The second kappa shape index (κ2) is 8.21. The normalized spacial score (nSPS) is 17.6. The van der Waals surface area contributed by atoms with E-state index in [1.54, 1.807) is 19.2 Å². The van der Waals surface area contributed by atoms with Gasteiger partial charge < -0.3 is 14.8 Å². The quantitative estimate of drug-likeness (QED) is 0.791. The van der Waals surface area contributed by atoms with E-state index in [1.807, 2.05) is 32.0 Å². The van der Waals surface area contributed by atoms with E-state index >= 15 is 0 Å². The van der Waals surface area contributed by atoms with Gasteiger partial charge in [0.15, 0.2) is 0 Å². The molecule has 0 fully saturated rings. The van der Waals surface area contributed by atoms with E-state index in [2.05, 4.69) is 5.32 Å². The first kappa shape index (κ1) is 19.5. The van der Waals surface area contributed by atoms with Gasteiger partial charge in [0.05, 0.1) is 18.9 Å². The van der Waals surface area contributed by atoms with Crippen LogP contribution in [-0.4, -0.2) is 24.4 Å². The van der Waals surface area contributed by atoms with Gasteiger partial charge in [0.2, 0.25) is 5.91 Å². The molecule has 0 bridgehead atoms. The van der Waals surface area contributed by atoms with Crippen molar-refractivity contribution in [2.24, 2.45) is 0 Å². The number of nitrogens with one attached hydrogen (secondary N) is 1. The lowest BCUT2D eigenvalue weighted by molar-refractivity contribution is -0.119. The van der Waals surface area contributed by atoms with Crippen LogP contribution in [0.4, 0.5) is 4.39 Å². The Balaban J connectivity index is 1.60. The van der Waals surface area contributed by atoms with Crippen molar-refractivity contribution in [2.75, 3.05) is 12.9 Å². The summed E-state index contributed by atoms with van der Waals surface area (Å²) in [4.78, 5) is 12.4. The number of carbonyl (C=O) groups excluding carboxylic acids is 1. The lowest BCUT2D eigenvalue weighted by Gasteiger charge is -2.38. The van der Waals surface area contributed by atoms with Gasteiger partial charge in [-0.1, -0.05) is 12.1 Å². The third kappa shape index (κ3) is 5.16. The first-order chi connectivity index (χ1) is 12.9. The summed E-state index contributed by atoms with van der Waals surface area (Å²) in [5.74, 6) is 2.22. The average molecular weight is 389 g/mol. The fourth-order valence-electron chi connectivity index (χ4n) is 3.17. The van der Waals surface area contributed by atoms with Crippen molar-refractivity contribution in [3.05, 3.63) is 59.4 Å². The SMILES string of the molecule is COc1ccc2c(c1)OC(C)(C)C[C@@H]2NC(=O)CSCc1ccc(F)cc1. The number of carbonyl (C=O) groups is 1. The van der Waals surface area contributed by atoms with Crippen molar-refractivity contribution in [3.63, 3.8) is 0 Å². The van der Waals surface area contributed by atoms with Gasteiger partial charge in [-0.05, 0) is 43.7 Å². The van der Waals surface area contributed by atoms with Crippen molar-refractivity contribution >= 4 is 17.7 Å². The number of methoxy groups -OCH3 is 1. The minimum atomic E-state index is -0.376. The molecule has 0 saturated carbocycles. The Bertz CT molecular complexity index is 808. The number of thioether (sulfide) groups is 1. The molecule has 1 aliphatic rings. The fraction of sp³-hybridized carbons (Fsp3) is 0.381. The van der Waals surface area contributed by atoms with Crippen molar-refractivity contribution in [2.45, 2.75) is 37.7 Å². The highest BCUT2D eigenvalue weighted by atomic mass is 32.2. The third-order valence-corrected chi connectivity index (χ3v) is 5.43. The Hall–Kier alpha value is -2.21. The topological polar surface area (TPSA) is 47.6 Å². The van der Waals surface area contributed by atoms with E-state index in [-0.39, 0.29) is 23.4 Å². The van der Waals surface area contributed by atoms with Crippen molar-refractivity contribution in [3.8, 4) is 11.5 Å². The molecule has 0 unspecified atom stereocenters. The Kier molecular flexibility index (Phi) is 5.95. The summed E-state index contributed by atoms with van der Waals surface area (Å²) in [5, 5.41) is 3.12. The molecule has 144 valence electrons. The maximum Gasteiger partial charge on any atom is 0.230 e. The zero-order valence-corrected chi connectivity index (χ0v) is 16.6. The van der Waals surface area contributed by atoms with Crippen LogP contribution in [0.2, 0.25) is 0 Å². The van der Waals surface area contributed by atoms with Crippen LogP contribution >= 0.6 is 11.8 Å². The Labute approximate surface area is 163 Å². The summed E-state index contributed by atoms with van der Waals surface area (Å²) in [6, 6.07) is 11.9. The molecule has 1 amide bonds. The molecular weight excluding hydrogens is 365 g/mol. The zero-order valence-electron chi connectivity index (χ0n) is 15.8. The van der Waals surface area contributed by atoms with Crippen LogP contribution in [0.1, 0.15) is 37.4 Å². The molecular formula is C21H24FNO3S. The minimum Gasteiger partial charge on any atom is -0.497 e. The van der Waals surface area contributed by atoms with E-state index in [1.165, 1.54) is 23.9 Å². The highest BCUT2D eigenvalue weighted by Gasteiger charge is 2.34. The van der Waals surface area contributed by atoms with Gasteiger partial charge in [-0.2, -0.15) is 0 Å². The molecule has 3 rings (SSSR count). The summed E-state index contributed by atoms with van der Waals surface area (Å²) in [5.41, 5.74) is 1.59. The van der Waals surface area contributed by atoms with Crippen molar-refractivity contribution in [1.29, 1.82) is 0 Å². The molecule has 1 aliphatic heterocycles. The molecule has 0 aromatic heterocycles. The van der Waals surface area contributed by atoms with E-state index < -0.39 is 0 Å². The van der Waals surface area contributed by atoms with Gasteiger partial charge in [0, 0.05) is 23.8 Å². The summed E-state index contributed by atoms with van der Waals surface area (Å²) in [7, 11) is 1.62. The molecule has 2 aromatic carbocycles. The van der Waals surface area contributed by atoms with Gasteiger partial charge in [0.25, 0.3) is 0 Å². The van der Waals surface area contributed by atoms with Gasteiger partial charge in [0.1, 0.15) is 22.9 Å². The number of fused-ring (bicyclic) bond motifs is 1. The van der Waals surface area contributed by atoms with Crippen LogP contribution in [0.3, 0.4) is 0 Å². The molecule has 0 radical (unpaired) electrons. The van der Waals surface area contributed by atoms with E-state index in [0.29, 0.717) is 17.9 Å². The predicted molar refractivity (Wildman–Crippen MR) is 106 cm³/mol. The number of amides is 1. The van der Waals surface area contributed by atoms with Crippen molar-refractivity contribution in [1.82, 2.24) is 5.32 Å². The maximum absolute atomic E-state index is 12.9. The number of benzene rings is 2. The molecule has 1 atom stereocenters. The number of hydrogen-bond acceptors (Lipinski definition) is 4. The summed E-state index contributed by atoms with van der Waals surface area (Å²) in [6.07, 6.45) is 0.695. The molecule has 0 spiro atoms. The Morgan fingerprint density at radius 1 is 1.30 bits per heavy atom. The molecule has 27 heavy (non-hydrogen) atoms. The summed E-state index contributed by atoms with van der Waals surface area (Å²) in [6.45, 7) is 4.02. The number of rotatable bonds is 6. The van der Waals surface area contributed by atoms with Crippen molar-refractivity contribution < 1.29 is 18.7 Å². The molecule has 2 aromatic rings. The van der Waals surface area contributed by atoms with Gasteiger partial charge in [-0.15, -0.1) is 11.8 Å². The first-order valence-corrected chi connectivity index (χ1v) is 10.0. The highest BCUT2D eigenvalue weighted by Crippen LogP contribution is 2.41. The second-order valence-electron chi connectivity index (χ2n) is 7.21. The lowest BCUT2D eigenvalue weighted by atomic mass is 9.89. The van der Waals surface area contributed by atoms with Crippen LogP contribution in [0.25, 0.3) is 0 Å². The van der Waals surface area contributed by atoms with E-state index in [0.717, 1.165) is 22.6 Å². The zero-order chi connectivity index (χ0) is 19.4. The predicted octanol–water partition coefficient (Wildman–Crippen LogP) is 4.49. The van der Waals surface area contributed by atoms with Crippen LogP contribution in [0, 0.1) is 5.82 Å². The number of hydrogen-bond donors (Lipinski definition) is 1.